The van der Waals surface area contributed by atoms with Gasteiger partial charge in [-0.25, -0.2) is 0 Å². The molecule has 0 aliphatic carbocycles. The molecule has 0 aromatic heterocycles. The zero-order valence-corrected chi connectivity index (χ0v) is 11.6. The van der Waals surface area contributed by atoms with E-state index >= 15 is 0 Å². The van der Waals surface area contributed by atoms with Crippen molar-refractivity contribution in [2.45, 2.75) is 54.0 Å². The molecular weight excluding hydrogens is 184 g/mol. The second-order valence-corrected chi connectivity index (χ2v) is 5.51. The second kappa shape index (κ2) is 7.24. The fourth-order valence-electron chi connectivity index (χ4n) is 1.88. The van der Waals surface area contributed by atoms with Crippen molar-refractivity contribution < 1.29 is 0 Å². The molecule has 0 heterocycles. The highest BCUT2D eigenvalue weighted by atomic mass is 15.2. The normalized spacial score (nSPS) is 12.8. The van der Waals surface area contributed by atoms with Crippen LogP contribution in [-0.4, -0.2) is 37.1 Å². The second-order valence-electron chi connectivity index (χ2n) is 5.51. The average Bonchev–Trinajstić information content (AvgIpc) is 2.14. The number of nitrogens with zero attached hydrogens (tertiary/aromatic N) is 1. The van der Waals surface area contributed by atoms with Crippen molar-refractivity contribution in [2.24, 2.45) is 5.41 Å². The third-order valence-electron chi connectivity index (χ3n) is 2.73. The molecule has 0 radical (unpaired) electrons. The van der Waals surface area contributed by atoms with E-state index in [0.717, 1.165) is 13.1 Å². The van der Waals surface area contributed by atoms with Crippen molar-refractivity contribution in [1.29, 1.82) is 0 Å². The van der Waals surface area contributed by atoms with E-state index in [9.17, 15) is 0 Å². The van der Waals surface area contributed by atoms with Gasteiger partial charge in [0, 0.05) is 19.1 Å². The lowest BCUT2D eigenvalue weighted by Gasteiger charge is -2.35. The minimum atomic E-state index is 0.370. The van der Waals surface area contributed by atoms with Gasteiger partial charge in [-0.3, -0.25) is 0 Å². The van der Waals surface area contributed by atoms with E-state index < -0.39 is 0 Å². The topological polar surface area (TPSA) is 15.3 Å². The molecule has 0 aromatic rings. The summed E-state index contributed by atoms with van der Waals surface area (Å²) in [6.45, 7) is 18.3. The predicted octanol–water partition coefficient (Wildman–Crippen LogP) is 2.74. The van der Waals surface area contributed by atoms with Gasteiger partial charge in [0.1, 0.15) is 0 Å². The maximum absolute atomic E-state index is 3.45. The van der Waals surface area contributed by atoms with E-state index in [1.54, 1.807) is 0 Å². The Morgan fingerprint density at radius 2 is 1.80 bits per heavy atom. The van der Waals surface area contributed by atoms with Crippen LogP contribution in [0.15, 0.2) is 0 Å². The van der Waals surface area contributed by atoms with Gasteiger partial charge < -0.3 is 10.2 Å². The quantitative estimate of drug-likeness (QED) is 0.668. The molecule has 0 fully saturated rings. The third kappa shape index (κ3) is 6.91. The number of hydrogen-bond donors (Lipinski definition) is 1. The Balaban J connectivity index is 4.11. The smallest absolute Gasteiger partial charge is 0.00475 e. The largest absolute Gasteiger partial charge is 0.316 e. The lowest BCUT2D eigenvalue weighted by molar-refractivity contribution is 0.143. The average molecular weight is 214 g/mol. The van der Waals surface area contributed by atoms with Crippen LogP contribution in [0.5, 0.6) is 0 Å². The van der Waals surface area contributed by atoms with Crippen LogP contribution < -0.4 is 5.32 Å². The summed E-state index contributed by atoms with van der Waals surface area (Å²) in [4.78, 5) is 2.58. The third-order valence-corrected chi connectivity index (χ3v) is 2.73. The van der Waals surface area contributed by atoms with Crippen LogP contribution in [0.4, 0.5) is 0 Å². The minimum Gasteiger partial charge on any atom is -0.316 e. The van der Waals surface area contributed by atoms with Crippen molar-refractivity contribution in [3.63, 3.8) is 0 Å². The van der Waals surface area contributed by atoms with Crippen LogP contribution >= 0.6 is 0 Å². The van der Waals surface area contributed by atoms with Crippen LogP contribution in [0, 0.1) is 5.41 Å². The molecule has 0 rings (SSSR count). The molecule has 0 saturated heterocycles. The lowest BCUT2D eigenvalue weighted by atomic mass is 9.92. The highest BCUT2D eigenvalue weighted by Gasteiger charge is 2.22. The molecule has 2 heteroatoms. The molecule has 0 unspecified atom stereocenters. The Kier molecular flexibility index (Phi) is 7.20. The van der Waals surface area contributed by atoms with E-state index in [0.29, 0.717) is 11.5 Å². The van der Waals surface area contributed by atoms with E-state index in [1.165, 1.54) is 19.5 Å². The van der Waals surface area contributed by atoms with Gasteiger partial charge in [-0.1, -0.05) is 27.7 Å². The monoisotopic (exact) mass is 214 g/mol. The Hall–Kier alpha value is -0.0800. The summed E-state index contributed by atoms with van der Waals surface area (Å²) >= 11 is 0. The van der Waals surface area contributed by atoms with Crippen LogP contribution in [0.3, 0.4) is 0 Å². The molecular formula is C13H30N2. The van der Waals surface area contributed by atoms with Crippen LogP contribution in [0.25, 0.3) is 0 Å². The summed E-state index contributed by atoms with van der Waals surface area (Å²) in [6, 6.07) is 0.658. The highest BCUT2D eigenvalue weighted by Crippen LogP contribution is 2.17. The van der Waals surface area contributed by atoms with E-state index in [1.807, 2.05) is 0 Å². The Morgan fingerprint density at radius 1 is 1.20 bits per heavy atom. The zero-order chi connectivity index (χ0) is 11.9. The van der Waals surface area contributed by atoms with Crippen molar-refractivity contribution in [1.82, 2.24) is 10.2 Å². The Labute approximate surface area is 96.4 Å². The lowest BCUT2D eigenvalue weighted by Crippen LogP contribution is -2.43. The molecule has 0 aliphatic heterocycles. The maximum atomic E-state index is 3.45. The van der Waals surface area contributed by atoms with Crippen molar-refractivity contribution in [2.75, 3.05) is 26.2 Å². The molecule has 0 saturated carbocycles. The summed E-state index contributed by atoms with van der Waals surface area (Å²) in [7, 11) is 0. The SMILES string of the molecule is CCCN(CC(C)(C)CNCC)C(C)C. The van der Waals surface area contributed by atoms with Gasteiger partial charge in [0.2, 0.25) is 0 Å². The molecule has 0 atom stereocenters. The molecule has 92 valence electrons. The van der Waals surface area contributed by atoms with Crippen LogP contribution in [0.1, 0.15) is 48.0 Å². The van der Waals surface area contributed by atoms with Crippen molar-refractivity contribution in [3.05, 3.63) is 0 Å². The number of hydrogen-bond acceptors (Lipinski definition) is 2. The van der Waals surface area contributed by atoms with Gasteiger partial charge in [0.25, 0.3) is 0 Å². The molecule has 15 heavy (non-hydrogen) atoms. The predicted molar refractivity (Wildman–Crippen MR) is 69.3 cm³/mol. The molecule has 0 spiro atoms. The molecule has 1 N–H and O–H groups in total. The highest BCUT2D eigenvalue weighted by molar-refractivity contribution is 4.77. The zero-order valence-electron chi connectivity index (χ0n) is 11.6. The standard InChI is InChI=1S/C13H30N2/c1-7-9-15(12(3)4)11-13(5,6)10-14-8-2/h12,14H,7-11H2,1-6H3. The fourth-order valence-corrected chi connectivity index (χ4v) is 1.88. The van der Waals surface area contributed by atoms with Gasteiger partial charge in [-0.05, 0) is 38.8 Å². The first kappa shape index (κ1) is 14.9. The van der Waals surface area contributed by atoms with E-state index in [-0.39, 0.29) is 0 Å². The molecule has 0 amide bonds. The molecule has 2 nitrogen and oxygen atoms in total. The first-order valence-electron chi connectivity index (χ1n) is 6.37. The van der Waals surface area contributed by atoms with Crippen LogP contribution in [0.2, 0.25) is 0 Å². The summed E-state index contributed by atoms with van der Waals surface area (Å²) in [5.41, 5.74) is 0.370. The first-order valence-corrected chi connectivity index (χ1v) is 6.37. The number of nitrogens with one attached hydrogen (secondary N) is 1. The molecule has 0 aromatic carbocycles. The summed E-state index contributed by atoms with van der Waals surface area (Å²) < 4.78 is 0. The van der Waals surface area contributed by atoms with Crippen molar-refractivity contribution in [3.8, 4) is 0 Å². The van der Waals surface area contributed by atoms with Gasteiger partial charge in [-0.15, -0.1) is 0 Å². The number of rotatable bonds is 8. The molecule has 0 bridgehead atoms. The maximum Gasteiger partial charge on any atom is 0.00475 e. The van der Waals surface area contributed by atoms with Gasteiger partial charge in [-0.2, -0.15) is 0 Å². The van der Waals surface area contributed by atoms with E-state index in [2.05, 4.69) is 51.8 Å². The first-order chi connectivity index (χ1) is 6.93. The van der Waals surface area contributed by atoms with Crippen molar-refractivity contribution >= 4 is 0 Å². The summed E-state index contributed by atoms with van der Waals surface area (Å²) in [5, 5.41) is 3.45. The summed E-state index contributed by atoms with van der Waals surface area (Å²) in [5.74, 6) is 0. The van der Waals surface area contributed by atoms with Gasteiger partial charge >= 0.3 is 0 Å². The Morgan fingerprint density at radius 3 is 2.20 bits per heavy atom. The van der Waals surface area contributed by atoms with Gasteiger partial charge in [0.15, 0.2) is 0 Å². The Bertz CT molecular complexity index is 153. The summed E-state index contributed by atoms with van der Waals surface area (Å²) in [6.07, 6.45) is 1.25. The molecule has 0 aliphatic rings. The minimum absolute atomic E-state index is 0.370. The fraction of sp³-hybridized carbons (Fsp3) is 1.00. The van der Waals surface area contributed by atoms with Gasteiger partial charge in [0.05, 0.1) is 0 Å². The van der Waals surface area contributed by atoms with Crippen LogP contribution in [-0.2, 0) is 0 Å². The van der Waals surface area contributed by atoms with E-state index in [4.69, 9.17) is 0 Å².